The molecule has 2 heterocycles. The van der Waals surface area contributed by atoms with Crippen molar-refractivity contribution in [3.8, 4) is 22.9 Å². The summed E-state index contributed by atoms with van der Waals surface area (Å²) in [6.45, 7) is 4.08. The third-order valence-electron chi connectivity index (χ3n) is 4.59. The molecule has 1 aromatic heterocycles. The molecule has 7 heteroatoms. The van der Waals surface area contributed by atoms with Gasteiger partial charge in [-0.15, -0.1) is 0 Å². The number of nitrogen functional groups attached to an aromatic ring is 1. The molecule has 0 aliphatic carbocycles. The van der Waals surface area contributed by atoms with E-state index in [9.17, 15) is 9.65 Å². The van der Waals surface area contributed by atoms with Crippen molar-refractivity contribution in [2.24, 2.45) is 0 Å². The summed E-state index contributed by atoms with van der Waals surface area (Å²) in [5, 5.41) is 9.52. The van der Waals surface area contributed by atoms with Crippen LogP contribution in [0, 0.1) is 17.1 Å². The largest absolute Gasteiger partial charge is 0.496 e. The zero-order chi connectivity index (χ0) is 18.1. The number of hydrogen-bond acceptors (Lipinski definition) is 6. The van der Waals surface area contributed by atoms with Gasteiger partial charge in [-0.25, -0.2) is 9.37 Å². The normalized spacial score (nSPS) is 22.6. The molecule has 0 radical (unpaired) electrons. The first-order chi connectivity index (χ1) is 12.0. The highest BCUT2D eigenvalue weighted by Gasteiger charge is 2.33. The van der Waals surface area contributed by atoms with Crippen molar-refractivity contribution in [1.29, 1.82) is 5.26 Å². The van der Waals surface area contributed by atoms with E-state index in [0.29, 0.717) is 16.9 Å². The summed E-state index contributed by atoms with van der Waals surface area (Å²) in [4.78, 5) is 4.43. The molecule has 130 valence electrons. The fourth-order valence-corrected chi connectivity index (χ4v) is 3.36. The van der Waals surface area contributed by atoms with Gasteiger partial charge in [0.15, 0.2) is 0 Å². The SMILES string of the molecule is COc1ccc(F)cc1-c1cc(C2C(C)NNC2C)nc(N)c1C#N. The molecule has 3 rings (SSSR count). The number of hydrazine groups is 1. The lowest BCUT2D eigenvalue weighted by Crippen LogP contribution is -2.30. The minimum absolute atomic E-state index is 0.0633. The van der Waals surface area contributed by atoms with E-state index >= 15 is 0 Å². The smallest absolute Gasteiger partial charge is 0.142 e. The maximum atomic E-state index is 13.8. The average molecular weight is 341 g/mol. The van der Waals surface area contributed by atoms with Crippen LogP contribution in [0.3, 0.4) is 0 Å². The van der Waals surface area contributed by atoms with E-state index in [1.807, 2.05) is 13.8 Å². The lowest BCUT2D eigenvalue weighted by Gasteiger charge is -2.20. The molecule has 2 aromatic rings. The van der Waals surface area contributed by atoms with Gasteiger partial charge in [-0.1, -0.05) is 0 Å². The number of nitrogens with two attached hydrogens (primary N) is 1. The molecule has 0 amide bonds. The van der Waals surface area contributed by atoms with Gasteiger partial charge in [0, 0.05) is 34.8 Å². The zero-order valence-electron chi connectivity index (χ0n) is 14.3. The lowest BCUT2D eigenvalue weighted by atomic mass is 9.89. The number of ether oxygens (including phenoxy) is 1. The Morgan fingerprint density at radius 2 is 1.88 bits per heavy atom. The van der Waals surface area contributed by atoms with Gasteiger partial charge in [-0.3, -0.25) is 10.9 Å². The first kappa shape index (κ1) is 17.1. The van der Waals surface area contributed by atoms with Crippen molar-refractivity contribution in [2.75, 3.05) is 12.8 Å². The van der Waals surface area contributed by atoms with E-state index in [1.54, 1.807) is 6.07 Å². The van der Waals surface area contributed by atoms with E-state index in [0.717, 1.165) is 5.69 Å². The average Bonchev–Trinajstić information content (AvgIpc) is 2.92. The molecule has 25 heavy (non-hydrogen) atoms. The van der Waals surface area contributed by atoms with Crippen molar-refractivity contribution in [1.82, 2.24) is 15.8 Å². The Morgan fingerprint density at radius 1 is 1.20 bits per heavy atom. The molecule has 1 fully saturated rings. The number of benzene rings is 1. The summed E-state index contributed by atoms with van der Waals surface area (Å²) in [5.74, 6) is 0.252. The zero-order valence-corrected chi connectivity index (χ0v) is 14.3. The minimum Gasteiger partial charge on any atom is -0.496 e. The Kier molecular flexibility index (Phi) is 4.57. The predicted molar refractivity (Wildman–Crippen MR) is 93.2 cm³/mol. The number of hydrogen-bond donors (Lipinski definition) is 3. The molecule has 0 saturated carbocycles. The van der Waals surface area contributed by atoms with Crippen LogP contribution >= 0.6 is 0 Å². The van der Waals surface area contributed by atoms with Crippen LogP contribution in [-0.2, 0) is 0 Å². The van der Waals surface area contributed by atoms with Gasteiger partial charge in [0.2, 0.25) is 0 Å². The number of methoxy groups -OCH3 is 1. The van der Waals surface area contributed by atoms with E-state index in [-0.39, 0.29) is 29.4 Å². The molecule has 2 atom stereocenters. The molecule has 0 bridgehead atoms. The fourth-order valence-electron chi connectivity index (χ4n) is 3.36. The molecule has 1 aromatic carbocycles. The van der Waals surface area contributed by atoms with Crippen molar-refractivity contribution in [2.45, 2.75) is 31.8 Å². The summed E-state index contributed by atoms with van der Waals surface area (Å²) < 4.78 is 19.2. The number of anilines is 1. The van der Waals surface area contributed by atoms with Gasteiger partial charge in [-0.05, 0) is 38.1 Å². The molecule has 1 saturated heterocycles. The predicted octanol–water partition coefficient (Wildman–Crippen LogP) is 2.32. The lowest BCUT2D eigenvalue weighted by molar-refractivity contribution is 0.415. The van der Waals surface area contributed by atoms with Gasteiger partial charge in [0.1, 0.15) is 29.0 Å². The summed E-state index contributed by atoms with van der Waals surface area (Å²) in [7, 11) is 1.50. The van der Waals surface area contributed by atoms with E-state index in [4.69, 9.17) is 10.5 Å². The Labute approximate surface area is 145 Å². The van der Waals surface area contributed by atoms with Crippen LogP contribution in [0.25, 0.3) is 11.1 Å². The summed E-state index contributed by atoms with van der Waals surface area (Å²) in [6, 6.07) is 8.34. The van der Waals surface area contributed by atoms with Crippen LogP contribution in [0.5, 0.6) is 5.75 Å². The minimum atomic E-state index is -0.414. The van der Waals surface area contributed by atoms with E-state index < -0.39 is 5.82 Å². The second-order valence-corrected chi connectivity index (χ2v) is 6.20. The van der Waals surface area contributed by atoms with E-state index in [1.165, 1.54) is 25.3 Å². The second-order valence-electron chi connectivity index (χ2n) is 6.20. The highest BCUT2D eigenvalue weighted by Crippen LogP contribution is 2.37. The monoisotopic (exact) mass is 341 g/mol. The van der Waals surface area contributed by atoms with Crippen LogP contribution in [0.15, 0.2) is 24.3 Å². The van der Waals surface area contributed by atoms with Crippen LogP contribution in [0.1, 0.15) is 31.0 Å². The Morgan fingerprint density at radius 3 is 2.48 bits per heavy atom. The van der Waals surface area contributed by atoms with Crippen molar-refractivity contribution >= 4 is 5.82 Å². The molecule has 6 nitrogen and oxygen atoms in total. The quantitative estimate of drug-likeness (QED) is 0.793. The highest BCUT2D eigenvalue weighted by atomic mass is 19.1. The van der Waals surface area contributed by atoms with Gasteiger partial charge in [0.25, 0.3) is 0 Å². The topological polar surface area (TPSA) is 96.0 Å². The number of nitrogens with zero attached hydrogens (tertiary/aromatic N) is 2. The number of nitriles is 1. The second kappa shape index (κ2) is 6.67. The molecular formula is C18H20FN5O. The third kappa shape index (κ3) is 3.02. The molecule has 0 spiro atoms. The Hall–Kier alpha value is -2.69. The van der Waals surface area contributed by atoms with Crippen LogP contribution < -0.4 is 21.3 Å². The van der Waals surface area contributed by atoms with Crippen LogP contribution in [0.2, 0.25) is 0 Å². The third-order valence-corrected chi connectivity index (χ3v) is 4.59. The van der Waals surface area contributed by atoms with Gasteiger partial charge < -0.3 is 10.5 Å². The van der Waals surface area contributed by atoms with Gasteiger partial charge in [0.05, 0.1) is 7.11 Å². The summed E-state index contributed by atoms with van der Waals surface area (Å²) in [6.07, 6.45) is 0. The highest BCUT2D eigenvalue weighted by molar-refractivity contribution is 5.79. The van der Waals surface area contributed by atoms with Crippen LogP contribution in [0.4, 0.5) is 10.2 Å². The number of halogens is 1. The molecule has 1 aliphatic rings. The Bertz CT molecular complexity index is 838. The first-order valence-electron chi connectivity index (χ1n) is 8.01. The number of nitrogens with one attached hydrogen (secondary N) is 2. The van der Waals surface area contributed by atoms with Crippen molar-refractivity contribution in [3.05, 3.63) is 41.3 Å². The molecule has 4 N–H and O–H groups in total. The maximum Gasteiger partial charge on any atom is 0.142 e. The van der Waals surface area contributed by atoms with Crippen LogP contribution in [-0.4, -0.2) is 24.2 Å². The fraction of sp³-hybridized carbons (Fsp3) is 0.333. The summed E-state index contributed by atoms with van der Waals surface area (Å²) in [5.41, 5.74) is 14.4. The number of aromatic nitrogens is 1. The summed E-state index contributed by atoms with van der Waals surface area (Å²) >= 11 is 0. The first-order valence-corrected chi connectivity index (χ1v) is 8.01. The number of pyridine rings is 1. The maximum absolute atomic E-state index is 13.8. The molecule has 2 unspecified atom stereocenters. The van der Waals surface area contributed by atoms with Gasteiger partial charge >= 0.3 is 0 Å². The van der Waals surface area contributed by atoms with E-state index in [2.05, 4.69) is 21.9 Å². The van der Waals surface area contributed by atoms with Crippen molar-refractivity contribution < 1.29 is 9.13 Å². The van der Waals surface area contributed by atoms with Crippen molar-refractivity contribution in [3.63, 3.8) is 0 Å². The molecule has 1 aliphatic heterocycles. The number of rotatable bonds is 3. The molecular weight excluding hydrogens is 321 g/mol. The standard InChI is InChI=1S/C18H20FN5O/c1-9-17(10(2)24-23-9)15-7-12(14(8-20)18(21)22-15)13-6-11(19)4-5-16(13)25-3/h4-7,9-10,17,23-24H,1-3H3,(H2,21,22). The Balaban J connectivity index is 2.23. The van der Waals surface area contributed by atoms with Gasteiger partial charge in [-0.2, -0.15) is 5.26 Å².